The fraction of sp³-hybridized carbons (Fsp3) is 0.421. The highest BCUT2D eigenvalue weighted by Gasteiger charge is 2.42. The third-order valence-electron chi connectivity index (χ3n) is 5.03. The Kier molecular flexibility index (Phi) is 5.43. The molecule has 0 radical (unpaired) electrons. The Hall–Kier alpha value is -3.23. The smallest absolute Gasteiger partial charge is 0.323 e. The van der Waals surface area contributed by atoms with Crippen LogP contribution in [-0.4, -0.2) is 59.1 Å². The lowest BCUT2D eigenvalue weighted by Crippen LogP contribution is -2.37. The minimum Gasteiger partial charge on any atom is -0.493 e. The van der Waals surface area contributed by atoms with Crippen molar-refractivity contribution in [1.82, 2.24) is 14.7 Å². The Morgan fingerprint density at radius 2 is 2.07 bits per heavy atom. The van der Waals surface area contributed by atoms with Crippen LogP contribution in [0.1, 0.15) is 18.9 Å². The molecule has 1 saturated heterocycles. The number of hydrogen-bond donors (Lipinski definition) is 2. The highest BCUT2D eigenvalue weighted by molar-refractivity contribution is 5.89. The van der Waals surface area contributed by atoms with E-state index < -0.39 is 11.4 Å². The summed E-state index contributed by atoms with van der Waals surface area (Å²) in [7, 11) is 3.14. The largest absolute Gasteiger partial charge is 0.493 e. The normalized spacial score (nSPS) is 18.8. The Morgan fingerprint density at radius 1 is 1.29 bits per heavy atom. The van der Waals surface area contributed by atoms with Gasteiger partial charge in [-0.15, -0.1) is 0 Å². The van der Waals surface area contributed by atoms with Gasteiger partial charge in [-0.05, 0) is 19.4 Å². The van der Waals surface area contributed by atoms with Crippen LogP contribution in [0, 0.1) is 5.41 Å². The summed E-state index contributed by atoms with van der Waals surface area (Å²) in [4.78, 5) is 25.5. The van der Waals surface area contributed by atoms with Gasteiger partial charge in [0.2, 0.25) is 0 Å². The van der Waals surface area contributed by atoms with Crippen LogP contribution in [0.5, 0.6) is 11.5 Å². The number of amides is 2. The first-order valence-electron chi connectivity index (χ1n) is 8.89. The van der Waals surface area contributed by atoms with Gasteiger partial charge in [0, 0.05) is 24.7 Å². The maximum absolute atomic E-state index is 12.6. The number of para-hydroxylation sites is 1. The maximum atomic E-state index is 12.6. The second-order valence-corrected chi connectivity index (χ2v) is 6.99. The van der Waals surface area contributed by atoms with Gasteiger partial charge in [0.05, 0.1) is 32.4 Å². The summed E-state index contributed by atoms with van der Waals surface area (Å²) in [6.07, 6.45) is 2.02. The van der Waals surface area contributed by atoms with Crippen molar-refractivity contribution in [3.8, 4) is 11.5 Å². The molecular weight excluding hydrogens is 364 g/mol. The first-order chi connectivity index (χ1) is 13.4. The lowest BCUT2D eigenvalue weighted by atomic mass is 9.90. The molecule has 28 heavy (non-hydrogen) atoms. The van der Waals surface area contributed by atoms with Crippen molar-refractivity contribution < 1.29 is 24.2 Å². The van der Waals surface area contributed by atoms with Crippen molar-refractivity contribution in [2.24, 2.45) is 5.41 Å². The number of aliphatic carboxylic acids is 1. The molecule has 1 aromatic heterocycles. The molecular formula is C19H24N4O5. The van der Waals surface area contributed by atoms with Crippen LogP contribution in [0.2, 0.25) is 0 Å². The maximum Gasteiger partial charge on any atom is 0.323 e. The molecule has 150 valence electrons. The van der Waals surface area contributed by atoms with Crippen LogP contribution >= 0.6 is 0 Å². The summed E-state index contributed by atoms with van der Waals surface area (Å²) in [5, 5.41) is 16.4. The van der Waals surface area contributed by atoms with Crippen molar-refractivity contribution in [3.05, 3.63) is 36.0 Å². The van der Waals surface area contributed by atoms with Crippen molar-refractivity contribution >= 4 is 17.8 Å². The highest BCUT2D eigenvalue weighted by atomic mass is 16.5. The Morgan fingerprint density at radius 3 is 2.71 bits per heavy atom. The molecule has 2 amide bonds. The second kappa shape index (κ2) is 7.79. The van der Waals surface area contributed by atoms with Crippen LogP contribution in [0.3, 0.4) is 0 Å². The van der Waals surface area contributed by atoms with Crippen LogP contribution in [0.4, 0.5) is 10.6 Å². The molecule has 2 N–H and O–H groups in total. The van der Waals surface area contributed by atoms with Gasteiger partial charge in [-0.3, -0.25) is 10.1 Å². The highest BCUT2D eigenvalue weighted by Crippen LogP contribution is 2.32. The molecule has 0 aliphatic carbocycles. The number of benzene rings is 1. The van der Waals surface area contributed by atoms with Crippen LogP contribution < -0.4 is 14.8 Å². The number of nitrogens with zero attached hydrogens (tertiary/aromatic N) is 3. The van der Waals surface area contributed by atoms with E-state index in [1.165, 1.54) is 4.90 Å². The Balaban J connectivity index is 1.73. The number of anilines is 1. The molecule has 2 heterocycles. The zero-order valence-corrected chi connectivity index (χ0v) is 16.1. The number of rotatable bonds is 6. The minimum atomic E-state index is -0.911. The third kappa shape index (κ3) is 3.73. The molecule has 1 unspecified atom stereocenters. The number of likely N-dealkylation sites (tertiary alicyclic amines) is 1. The number of hydrogen-bond acceptors (Lipinski definition) is 5. The molecule has 9 nitrogen and oxygen atoms in total. The molecule has 9 heteroatoms. The fourth-order valence-electron chi connectivity index (χ4n) is 3.30. The van der Waals surface area contributed by atoms with Gasteiger partial charge in [0.15, 0.2) is 11.5 Å². The van der Waals surface area contributed by atoms with E-state index in [2.05, 4.69) is 10.4 Å². The average Bonchev–Trinajstić information content (AvgIpc) is 3.29. The van der Waals surface area contributed by atoms with Crippen molar-refractivity contribution in [2.75, 3.05) is 32.6 Å². The van der Waals surface area contributed by atoms with Gasteiger partial charge < -0.3 is 19.5 Å². The van der Waals surface area contributed by atoms with E-state index in [-0.39, 0.29) is 12.6 Å². The van der Waals surface area contributed by atoms with E-state index in [0.717, 1.165) is 5.56 Å². The summed E-state index contributed by atoms with van der Waals surface area (Å²) in [6.45, 7) is 2.59. The number of aromatic nitrogens is 2. The molecule has 0 bridgehead atoms. The summed E-state index contributed by atoms with van der Waals surface area (Å²) >= 11 is 0. The number of ether oxygens (including phenoxy) is 2. The standard InChI is InChI=1S/C19H24N4O5/c1-19(17(24)25)8-10-22(12-19)18(26)21-15-7-9-20-23(15)11-13-5-4-6-14(27-2)16(13)28-3/h4-7,9H,8,10-12H2,1-3H3,(H,21,26)(H,24,25). The van der Waals surface area contributed by atoms with E-state index in [1.807, 2.05) is 12.1 Å². The summed E-state index contributed by atoms with van der Waals surface area (Å²) < 4.78 is 12.4. The predicted octanol–water partition coefficient (Wildman–Crippen LogP) is 2.28. The Bertz CT molecular complexity index is 881. The zero-order valence-electron chi connectivity index (χ0n) is 16.1. The summed E-state index contributed by atoms with van der Waals surface area (Å²) in [6, 6.07) is 6.91. The predicted molar refractivity (Wildman–Crippen MR) is 102 cm³/mol. The first kappa shape index (κ1) is 19.5. The number of nitrogens with one attached hydrogen (secondary N) is 1. The van der Waals surface area contributed by atoms with E-state index in [1.54, 1.807) is 44.2 Å². The molecule has 1 fully saturated rings. The number of carboxylic acids is 1. The van der Waals surface area contributed by atoms with Crippen molar-refractivity contribution in [2.45, 2.75) is 19.9 Å². The van der Waals surface area contributed by atoms with Crippen molar-refractivity contribution in [3.63, 3.8) is 0 Å². The molecule has 1 aliphatic heterocycles. The first-order valence-corrected chi connectivity index (χ1v) is 8.89. The SMILES string of the molecule is COc1cccc(Cn2nccc2NC(=O)N2CCC(C)(C(=O)O)C2)c1OC. The van der Waals surface area contributed by atoms with Gasteiger partial charge in [-0.1, -0.05) is 12.1 Å². The molecule has 0 spiro atoms. The van der Waals surface area contributed by atoms with E-state index in [0.29, 0.717) is 36.8 Å². The summed E-state index contributed by atoms with van der Waals surface area (Å²) in [5.74, 6) is 0.842. The average molecular weight is 388 g/mol. The monoisotopic (exact) mass is 388 g/mol. The molecule has 0 saturated carbocycles. The van der Waals surface area contributed by atoms with Gasteiger partial charge in [0.25, 0.3) is 0 Å². The number of carbonyl (C=O) groups is 2. The van der Waals surface area contributed by atoms with Gasteiger partial charge >= 0.3 is 12.0 Å². The third-order valence-corrected chi connectivity index (χ3v) is 5.03. The van der Waals surface area contributed by atoms with Gasteiger partial charge in [0.1, 0.15) is 5.82 Å². The second-order valence-electron chi connectivity index (χ2n) is 6.99. The fourth-order valence-corrected chi connectivity index (χ4v) is 3.30. The number of carbonyl (C=O) groups excluding carboxylic acids is 1. The van der Waals surface area contributed by atoms with Gasteiger partial charge in [-0.2, -0.15) is 5.10 Å². The number of methoxy groups -OCH3 is 2. The van der Waals surface area contributed by atoms with E-state index in [4.69, 9.17) is 9.47 Å². The lowest BCUT2D eigenvalue weighted by Gasteiger charge is -2.21. The molecule has 1 aromatic carbocycles. The molecule has 1 atom stereocenters. The molecule has 1 aliphatic rings. The van der Waals surface area contributed by atoms with E-state index >= 15 is 0 Å². The Labute approximate surface area is 162 Å². The summed E-state index contributed by atoms with van der Waals surface area (Å²) in [5.41, 5.74) is -0.0633. The zero-order chi connectivity index (χ0) is 20.3. The van der Waals surface area contributed by atoms with Crippen LogP contribution in [0.25, 0.3) is 0 Å². The minimum absolute atomic E-state index is 0.173. The number of urea groups is 1. The van der Waals surface area contributed by atoms with E-state index in [9.17, 15) is 14.7 Å². The van der Waals surface area contributed by atoms with Crippen LogP contribution in [0.15, 0.2) is 30.5 Å². The molecule has 3 rings (SSSR count). The van der Waals surface area contributed by atoms with Crippen LogP contribution in [-0.2, 0) is 11.3 Å². The van der Waals surface area contributed by atoms with Gasteiger partial charge in [-0.25, -0.2) is 9.48 Å². The quantitative estimate of drug-likeness (QED) is 0.786. The molecule has 2 aromatic rings. The van der Waals surface area contributed by atoms with Crippen molar-refractivity contribution in [1.29, 1.82) is 0 Å². The lowest BCUT2D eigenvalue weighted by molar-refractivity contribution is -0.146. The number of carboxylic acid groups (broad SMARTS) is 1. The topological polar surface area (TPSA) is 106 Å².